The molecule has 2 fully saturated rings. The smallest absolute Gasteiger partial charge is 0.219 e. The number of aliphatic hydroxyl groups is 1. The van der Waals surface area contributed by atoms with E-state index in [1.807, 2.05) is 29.2 Å². The molecule has 144 valence electrons. The SMILES string of the molecule is CC(=O)N1CCN([C@H]2CN(Cc3ccc(OCCF)cc3)C[C@@H]2O)CC1. The fraction of sp³-hybridized carbons (Fsp3) is 0.632. The van der Waals surface area contributed by atoms with Crippen molar-refractivity contribution in [1.29, 1.82) is 0 Å². The number of hydrogen-bond acceptors (Lipinski definition) is 5. The molecule has 2 saturated heterocycles. The van der Waals surface area contributed by atoms with Crippen LogP contribution >= 0.6 is 0 Å². The highest BCUT2D eigenvalue weighted by molar-refractivity contribution is 5.73. The summed E-state index contributed by atoms with van der Waals surface area (Å²) in [5.74, 6) is 0.797. The third-order valence-corrected chi connectivity index (χ3v) is 5.24. The molecular weight excluding hydrogens is 337 g/mol. The quantitative estimate of drug-likeness (QED) is 0.806. The van der Waals surface area contributed by atoms with Crippen LogP contribution in [0.1, 0.15) is 12.5 Å². The number of ether oxygens (including phenoxy) is 1. The van der Waals surface area contributed by atoms with Gasteiger partial charge in [-0.15, -0.1) is 0 Å². The first kappa shape index (κ1) is 19.1. The summed E-state index contributed by atoms with van der Waals surface area (Å²) in [5.41, 5.74) is 1.15. The molecule has 2 aliphatic rings. The van der Waals surface area contributed by atoms with Crippen LogP contribution in [0.15, 0.2) is 24.3 Å². The van der Waals surface area contributed by atoms with Crippen LogP contribution in [0.4, 0.5) is 4.39 Å². The lowest BCUT2D eigenvalue weighted by molar-refractivity contribution is -0.131. The number of rotatable bonds is 6. The van der Waals surface area contributed by atoms with Gasteiger partial charge >= 0.3 is 0 Å². The number of aliphatic hydroxyl groups excluding tert-OH is 1. The van der Waals surface area contributed by atoms with E-state index in [1.54, 1.807) is 6.92 Å². The molecule has 2 heterocycles. The van der Waals surface area contributed by atoms with Gasteiger partial charge in [-0.3, -0.25) is 14.6 Å². The molecule has 6 nitrogen and oxygen atoms in total. The number of hydrogen-bond donors (Lipinski definition) is 1. The van der Waals surface area contributed by atoms with Crippen molar-refractivity contribution in [2.75, 3.05) is 52.6 Å². The first-order chi connectivity index (χ1) is 12.6. The number of piperazine rings is 1. The molecule has 2 atom stereocenters. The van der Waals surface area contributed by atoms with Gasteiger partial charge < -0.3 is 14.7 Å². The van der Waals surface area contributed by atoms with Gasteiger partial charge in [0.2, 0.25) is 5.91 Å². The Balaban J connectivity index is 1.50. The van der Waals surface area contributed by atoms with Gasteiger partial charge in [0.05, 0.1) is 6.10 Å². The lowest BCUT2D eigenvalue weighted by Crippen LogP contribution is -2.54. The van der Waals surface area contributed by atoms with Gasteiger partial charge in [-0.25, -0.2) is 4.39 Å². The molecule has 0 radical (unpaired) electrons. The summed E-state index contributed by atoms with van der Waals surface area (Å²) in [4.78, 5) is 17.9. The van der Waals surface area contributed by atoms with Gasteiger partial charge in [-0.05, 0) is 17.7 Å². The molecule has 3 rings (SSSR count). The van der Waals surface area contributed by atoms with Crippen molar-refractivity contribution >= 4 is 5.91 Å². The van der Waals surface area contributed by atoms with Crippen molar-refractivity contribution in [1.82, 2.24) is 14.7 Å². The zero-order valence-corrected chi connectivity index (χ0v) is 15.3. The summed E-state index contributed by atoms with van der Waals surface area (Å²) in [6.45, 7) is 6.54. The van der Waals surface area contributed by atoms with Crippen LogP contribution < -0.4 is 4.74 Å². The van der Waals surface area contributed by atoms with Gasteiger partial charge in [0, 0.05) is 58.8 Å². The molecule has 7 heteroatoms. The van der Waals surface area contributed by atoms with Crippen LogP contribution in [0, 0.1) is 0 Å². The van der Waals surface area contributed by atoms with Crippen molar-refractivity contribution in [2.45, 2.75) is 25.6 Å². The van der Waals surface area contributed by atoms with E-state index in [4.69, 9.17) is 4.74 Å². The zero-order chi connectivity index (χ0) is 18.5. The first-order valence-corrected chi connectivity index (χ1v) is 9.24. The van der Waals surface area contributed by atoms with E-state index in [2.05, 4.69) is 9.80 Å². The number of benzene rings is 1. The van der Waals surface area contributed by atoms with Crippen LogP contribution in [0.25, 0.3) is 0 Å². The van der Waals surface area contributed by atoms with Crippen LogP contribution in [0.5, 0.6) is 5.75 Å². The number of amides is 1. The number of nitrogens with zero attached hydrogens (tertiary/aromatic N) is 3. The Bertz CT molecular complexity index is 590. The predicted octanol–water partition coefficient (Wildman–Crippen LogP) is 0.744. The molecule has 0 aromatic heterocycles. The maximum absolute atomic E-state index is 12.1. The van der Waals surface area contributed by atoms with Gasteiger partial charge in [0.15, 0.2) is 0 Å². The lowest BCUT2D eigenvalue weighted by atomic mass is 10.1. The minimum absolute atomic E-state index is 0.0796. The van der Waals surface area contributed by atoms with Crippen LogP contribution in [-0.4, -0.2) is 90.4 Å². The van der Waals surface area contributed by atoms with Crippen molar-refractivity contribution in [3.63, 3.8) is 0 Å². The van der Waals surface area contributed by atoms with E-state index < -0.39 is 6.67 Å². The second-order valence-corrected chi connectivity index (χ2v) is 7.05. The molecule has 1 aromatic rings. The highest BCUT2D eigenvalue weighted by atomic mass is 19.1. The zero-order valence-electron chi connectivity index (χ0n) is 15.3. The average Bonchev–Trinajstić information content (AvgIpc) is 3.01. The Morgan fingerprint density at radius 2 is 1.88 bits per heavy atom. The molecule has 2 aliphatic heterocycles. The summed E-state index contributed by atoms with van der Waals surface area (Å²) >= 11 is 0. The fourth-order valence-corrected chi connectivity index (χ4v) is 3.81. The largest absolute Gasteiger partial charge is 0.491 e. The van der Waals surface area contributed by atoms with Crippen molar-refractivity contribution in [2.24, 2.45) is 0 Å². The maximum Gasteiger partial charge on any atom is 0.219 e. The molecule has 0 unspecified atom stereocenters. The molecule has 0 spiro atoms. The fourth-order valence-electron chi connectivity index (χ4n) is 3.81. The summed E-state index contributed by atoms with van der Waals surface area (Å²) in [6, 6.07) is 7.81. The molecular formula is C19H28FN3O3. The molecule has 1 amide bonds. The Morgan fingerprint density at radius 1 is 1.19 bits per heavy atom. The van der Waals surface area contributed by atoms with Crippen molar-refractivity contribution < 1.29 is 19.0 Å². The van der Waals surface area contributed by atoms with E-state index in [9.17, 15) is 14.3 Å². The monoisotopic (exact) mass is 365 g/mol. The molecule has 0 bridgehead atoms. The van der Waals surface area contributed by atoms with E-state index in [0.717, 1.165) is 44.8 Å². The maximum atomic E-state index is 12.1. The van der Waals surface area contributed by atoms with Crippen molar-refractivity contribution in [3.05, 3.63) is 29.8 Å². The minimum Gasteiger partial charge on any atom is -0.491 e. The number of carbonyl (C=O) groups excluding carboxylic acids is 1. The third kappa shape index (κ3) is 4.72. The second-order valence-electron chi connectivity index (χ2n) is 7.05. The van der Waals surface area contributed by atoms with E-state index >= 15 is 0 Å². The number of carbonyl (C=O) groups is 1. The van der Waals surface area contributed by atoms with Gasteiger partial charge in [-0.2, -0.15) is 0 Å². The highest BCUT2D eigenvalue weighted by Crippen LogP contribution is 2.21. The van der Waals surface area contributed by atoms with Crippen molar-refractivity contribution in [3.8, 4) is 5.75 Å². The van der Waals surface area contributed by atoms with Gasteiger partial charge in [0.1, 0.15) is 19.0 Å². The van der Waals surface area contributed by atoms with Crippen LogP contribution in [0.3, 0.4) is 0 Å². The summed E-state index contributed by atoms with van der Waals surface area (Å²) in [7, 11) is 0. The molecule has 0 aliphatic carbocycles. The van der Waals surface area contributed by atoms with Gasteiger partial charge in [-0.1, -0.05) is 12.1 Å². The summed E-state index contributed by atoms with van der Waals surface area (Å²) in [5, 5.41) is 10.5. The first-order valence-electron chi connectivity index (χ1n) is 9.24. The van der Waals surface area contributed by atoms with Gasteiger partial charge in [0.25, 0.3) is 0 Å². The predicted molar refractivity (Wildman–Crippen MR) is 96.8 cm³/mol. The Morgan fingerprint density at radius 3 is 2.50 bits per heavy atom. The second kappa shape index (κ2) is 8.79. The van der Waals surface area contributed by atoms with E-state index in [-0.39, 0.29) is 24.7 Å². The number of likely N-dealkylation sites (tertiary alicyclic amines) is 1. The number of halogens is 1. The normalized spacial score (nSPS) is 24.8. The summed E-state index contributed by atoms with van der Waals surface area (Å²) < 4.78 is 17.4. The minimum atomic E-state index is -0.491. The van der Waals surface area contributed by atoms with E-state index in [1.165, 1.54) is 0 Å². The molecule has 1 N–H and O–H groups in total. The van der Waals surface area contributed by atoms with E-state index in [0.29, 0.717) is 12.3 Å². The van der Waals surface area contributed by atoms with Crippen LogP contribution in [0.2, 0.25) is 0 Å². The Labute approximate surface area is 154 Å². The average molecular weight is 365 g/mol. The molecule has 26 heavy (non-hydrogen) atoms. The number of β-amino-alcohol motifs (C(OH)–C–C–N with tert-alkyl or cyclic N) is 1. The Hall–Kier alpha value is -1.70. The topological polar surface area (TPSA) is 56.3 Å². The molecule has 1 aromatic carbocycles. The molecule has 0 saturated carbocycles. The number of alkyl halides is 1. The Kier molecular flexibility index (Phi) is 6.45. The van der Waals surface area contributed by atoms with Crippen LogP contribution in [-0.2, 0) is 11.3 Å². The summed E-state index contributed by atoms with van der Waals surface area (Å²) in [6.07, 6.45) is -0.369. The highest BCUT2D eigenvalue weighted by Gasteiger charge is 2.36. The third-order valence-electron chi connectivity index (χ3n) is 5.24. The lowest BCUT2D eigenvalue weighted by Gasteiger charge is -2.38. The standard InChI is InChI=1S/C19H28FN3O3/c1-15(24)22-7-9-23(10-8-22)18-13-21(14-19(18)25)12-16-2-4-17(5-3-16)26-11-6-20/h2-5,18-19,25H,6-14H2,1H3/t18-,19-/m0/s1.